The lowest BCUT2D eigenvalue weighted by Gasteiger charge is -2.16. The SMILES string of the molecule is CCc1ccccc1-c1cccc(C(=O)NC[C@@H](O)CN(C)C)c1. The number of amides is 1. The fraction of sp³-hybridized carbons (Fsp3) is 0.350. The zero-order chi connectivity index (χ0) is 17.5. The van der Waals surface area contributed by atoms with Crippen LogP contribution >= 0.6 is 0 Å². The Hall–Kier alpha value is -2.17. The van der Waals surface area contributed by atoms with Crippen LogP contribution in [0.3, 0.4) is 0 Å². The number of hydrogen-bond donors (Lipinski definition) is 2. The van der Waals surface area contributed by atoms with Crippen LogP contribution in [0.5, 0.6) is 0 Å². The standard InChI is InChI=1S/C20H26N2O2/c1-4-15-8-5-6-11-19(15)16-9-7-10-17(12-16)20(24)21-13-18(23)14-22(2)3/h5-12,18,23H,4,13-14H2,1-3H3,(H,21,24)/t18-/m1/s1. The van der Waals surface area contributed by atoms with Gasteiger partial charge >= 0.3 is 0 Å². The number of likely N-dealkylation sites (N-methyl/N-ethyl adjacent to an activating group) is 1. The maximum Gasteiger partial charge on any atom is 0.251 e. The first-order valence-corrected chi connectivity index (χ1v) is 8.30. The lowest BCUT2D eigenvalue weighted by atomic mass is 9.97. The molecular weight excluding hydrogens is 300 g/mol. The average Bonchev–Trinajstić information content (AvgIpc) is 2.59. The van der Waals surface area contributed by atoms with E-state index >= 15 is 0 Å². The molecule has 1 atom stereocenters. The predicted octanol–water partition coefficient (Wildman–Crippen LogP) is 2.57. The summed E-state index contributed by atoms with van der Waals surface area (Å²) in [6.07, 6.45) is 0.372. The first-order chi connectivity index (χ1) is 11.5. The van der Waals surface area contributed by atoms with E-state index < -0.39 is 6.10 Å². The molecular formula is C20H26N2O2. The summed E-state index contributed by atoms with van der Waals surface area (Å²) in [5.74, 6) is -0.163. The largest absolute Gasteiger partial charge is 0.390 e. The van der Waals surface area contributed by atoms with Crippen LogP contribution in [0, 0.1) is 0 Å². The Morgan fingerprint density at radius 3 is 2.62 bits per heavy atom. The topological polar surface area (TPSA) is 52.6 Å². The molecule has 0 aliphatic carbocycles. The van der Waals surface area contributed by atoms with Gasteiger partial charge in [-0.25, -0.2) is 0 Å². The molecule has 0 saturated carbocycles. The summed E-state index contributed by atoms with van der Waals surface area (Å²) in [6.45, 7) is 2.89. The van der Waals surface area contributed by atoms with E-state index in [0.29, 0.717) is 12.1 Å². The van der Waals surface area contributed by atoms with E-state index in [-0.39, 0.29) is 12.5 Å². The molecule has 0 aromatic heterocycles. The third kappa shape index (κ3) is 4.91. The molecule has 4 heteroatoms. The minimum Gasteiger partial charge on any atom is -0.390 e. The number of benzene rings is 2. The minimum absolute atomic E-state index is 0.163. The number of carbonyl (C=O) groups excluding carboxylic acids is 1. The molecule has 0 bridgehead atoms. The van der Waals surface area contributed by atoms with Gasteiger partial charge in [0.05, 0.1) is 6.10 Å². The van der Waals surface area contributed by atoms with Crippen molar-refractivity contribution in [1.29, 1.82) is 0 Å². The van der Waals surface area contributed by atoms with Gasteiger partial charge in [-0.2, -0.15) is 0 Å². The second kappa shape index (κ2) is 8.62. The number of hydrogen-bond acceptors (Lipinski definition) is 3. The summed E-state index contributed by atoms with van der Waals surface area (Å²) in [5, 5.41) is 12.7. The Morgan fingerprint density at radius 1 is 1.17 bits per heavy atom. The Morgan fingerprint density at radius 2 is 1.92 bits per heavy atom. The molecule has 4 nitrogen and oxygen atoms in total. The third-order valence-electron chi connectivity index (χ3n) is 3.91. The highest BCUT2D eigenvalue weighted by Gasteiger charge is 2.11. The van der Waals surface area contributed by atoms with Gasteiger partial charge in [0.15, 0.2) is 0 Å². The van der Waals surface area contributed by atoms with Crippen LogP contribution in [-0.2, 0) is 6.42 Å². The zero-order valence-electron chi connectivity index (χ0n) is 14.6. The van der Waals surface area contributed by atoms with Crippen molar-refractivity contribution < 1.29 is 9.90 Å². The summed E-state index contributed by atoms with van der Waals surface area (Å²) in [5.41, 5.74) is 4.06. The van der Waals surface area contributed by atoms with Crippen LogP contribution in [0.2, 0.25) is 0 Å². The fourth-order valence-corrected chi connectivity index (χ4v) is 2.74. The molecule has 0 radical (unpaired) electrons. The lowest BCUT2D eigenvalue weighted by Crippen LogP contribution is -2.37. The summed E-state index contributed by atoms with van der Waals surface area (Å²) in [6, 6.07) is 15.9. The van der Waals surface area contributed by atoms with E-state index in [4.69, 9.17) is 0 Å². The van der Waals surface area contributed by atoms with Crippen molar-refractivity contribution in [3.05, 3.63) is 59.7 Å². The van der Waals surface area contributed by atoms with Crippen molar-refractivity contribution in [2.75, 3.05) is 27.2 Å². The zero-order valence-corrected chi connectivity index (χ0v) is 14.6. The highest BCUT2D eigenvalue weighted by Crippen LogP contribution is 2.24. The number of nitrogens with one attached hydrogen (secondary N) is 1. The second-order valence-electron chi connectivity index (χ2n) is 6.22. The molecule has 2 N–H and O–H groups in total. The molecule has 24 heavy (non-hydrogen) atoms. The van der Waals surface area contributed by atoms with Crippen LogP contribution in [0.15, 0.2) is 48.5 Å². The average molecular weight is 326 g/mol. The highest BCUT2D eigenvalue weighted by atomic mass is 16.3. The molecule has 128 valence electrons. The molecule has 0 aliphatic heterocycles. The fourth-order valence-electron chi connectivity index (χ4n) is 2.74. The molecule has 0 unspecified atom stereocenters. The number of aliphatic hydroxyl groups is 1. The molecule has 2 aromatic carbocycles. The minimum atomic E-state index is -0.576. The van der Waals surface area contributed by atoms with Gasteiger partial charge < -0.3 is 15.3 Å². The van der Waals surface area contributed by atoms with Crippen molar-refractivity contribution in [3.63, 3.8) is 0 Å². The Labute approximate surface area is 144 Å². The van der Waals surface area contributed by atoms with Gasteiger partial charge in [0, 0.05) is 18.7 Å². The molecule has 0 heterocycles. The van der Waals surface area contributed by atoms with Gasteiger partial charge in [0.25, 0.3) is 5.91 Å². The quantitative estimate of drug-likeness (QED) is 0.822. The van der Waals surface area contributed by atoms with E-state index in [1.807, 2.05) is 49.3 Å². The first-order valence-electron chi connectivity index (χ1n) is 8.30. The third-order valence-corrected chi connectivity index (χ3v) is 3.91. The van der Waals surface area contributed by atoms with Gasteiger partial charge in [-0.1, -0.05) is 43.3 Å². The monoisotopic (exact) mass is 326 g/mol. The van der Waals surface area contributed by atoms with Crippen LogP contribution < -0.4 is 5.32 Å². The molecule has 0 fully saturated rings. The Bertz CT molecular complexity index is 683. The van der Waals surface area contributed by atoms with Crippen molar-refractivity contribution in [2.24, 2.45) is 0 Å². The highest BCUT2D eigenvalue weighted by molar-refractivity contribution is 5.95. The normalized spacial score (nSPS) is 12.2. The maximum absolute atomic E-state index is 12.3. The summed E-state index contributed by atoms with van der Waals surface area (Å²) < 4.78 is 0. The number of aliphatic hydroxyl groups excluding tert-OH is 1. The predicted molar refractivity (Wildman–Crippen MR) is 98.2 cm³/mol. The van der Waals surface area contributed by atoms with Gasteiger partial charge in [-0.05, 0) is 49.3 Å². The molecule has 2 aromatic rings. The van der Waals surface area contributed by atoms with Crippen LogP contribution in [0.25, 0.3) is 11.1 Å². The smallest absolute Gasteiger partial charge is 0.251 e. The summed E-state index contributed by atoms with van der Waals surface area (Å²) in [7, 11) is 3.78. The van der Waals surface area contributed by atoms with E-state index in [1.165, 1.54) is 5.56 Å². The van der Waals surface area contributed by atoms with Crippen molar-refractivity contribution in [1.82, 2.24) is 10.2 Å². The van der Waals surface area contributed by atoms with Crippen LogP contribution in [-0.4, -0.2) is 49.2 Å². The number of carbonyl (C=O) groups is 1. The molecule has 2 rings (SSSR count). The van der Waals surface area contributed by atoms with E-state index in [2.05, 4.69) is 24.4 Å². The number of nitrogens with zero attached hydrogens (tertiary/aromatic N) is 1. The molecule has 0 spiro atoms. The first kappa shape index (κ1) is 18.2. The van der Waals surface area contributed by atoms with E-state index in [1.54, 1.807) is 6.07 Å². The second-order valence-corrected chi connectivity index (χ2v) is 6.22. The van der Waals surface area contributed by atoms with Gasteiger partial charge in [0.2, 0.25) is 0 Å². The van der Waals surface area contributed by atoms with Gasteiger partial charge in [-0.3, -0.25) is 4.79 Å². The molecule has 0 saturated heterocycles. The van der Waals surface area contributed by atoms with Crippen molar-refractivity contribution >= 4 is 5.91 Å². The Kier molecular flexibility index (Phi) is 6.53. The maximum atomic E-state index is 12.3. The Balaban J connectivity index is 2.11. The number of rotatable bonds is 7. The van der Waals surface area contributed by atoms with Crippen molar-refractivity contribution in [3.8, 4) is 11.1 Å². The van der Waals surface area contributed by atoms with Crippen molar-refractivity contribution in [2.45, 2.75) is 19.4 Å². The van der Waals surface area contributed by atoms with Crippen LogP contribution in [0.4, 0.5) is 0 Å². The van der Waals surface area contributed by atoms with Gasteiger partial charge in [0.1, 0.15) is 0 Å². The summed E-state index contributed by atoms with van der Waals surface area (Å²) >= 11 is 0. The van der Waals surface area contributed by atoms with Gasteiger partial charge in [-0.15, -0.1) is 0 Å². The lowest BCUT2D eigenvalue weighted by molar-refractivity contribution is 0.0892. The van der Waals surface area contributed by atoms with Crippen LogP contribution in [0.1, 0.15) is 22.8 Å². The van der Waals surface area contributed by atoms with E-state index in [9.17, 15) is 9.90 Å². The molecule has 0 aliphatic rings. The molecule has 1 amide bonds. The van der Waals surface area contributed by atoms with E-state index in [0.717, 1.165) is 17.5 Å². The number of aryl methyl sites for hydroxylation is 1. The summed E-state index contributed by atoms with van der Waals surface area (Å²) in [4.78, 5) is 14.2.